The van der Waals surface area contributed by atoms with E-state index in [1.54, 1.807) is 16.8 Å². The van der Waals surface area contributed by atoms with E-state index >= 15 is 0 Å². The Balaban J connectivity index is 1.31. The number of aromatic nitrogens is 3. The second-order valence-corrected chi connectivity index (χ2v) is 11.7. The molecule has 9 aromatic rings. The number of pyridine rings is 1. The summed E-state index contributed by atoms with van der Waals surface area (Å²) < 4.78 is 43.5. The predicted octanol–water partition coefficient (Wildman–Crippen LogP) is 11.4. The molecule has 3 nitrogen and oxygen atoms in total. The van der Waals surface area contributed by atoms with Crippen LogP contribution in [0.15, 0.2) is 158 Å². The molecule has 0 spiro atoms. The molecular weight excluding hydrogens is 571 g/mol. The molecule has 7 aromatic carbocycles. The Labute approximate surface area is 280 Å². The van der Waals surface area contributed by atoms with Gasteiger partial charge in [-0.05, 0) is 84.6 Å². The van der Waals surface area contributed by atoms with E-state index in [-0.39, 0.29) is 5.82 Å². The first-order valence-electron chi connectivity index (χ1n) is 18.2. The number of nitrogens with zero attached hydrogens (tertiary/aromatic N) is 3. The number of hydrogen-bond donors (Lipinski definition) is 0. The van der Waals surface area contributed by atoms with Crippen LogP contribution in [0.4, 0.5) is 0 Å². The molecule has 0 aliphatic heterocycles. The molecule has 0 N–H and O–H groups in total. The van der Waals surface area contributed by atoms with Gasteiger partial charge in [-0.15, -0.1) is 0 Å². The van der Waals surface area contributed by atoms with E-state index < -0.39 is 13.2 Å². The maximum atomic E-state index is 8.77. The summed E-state index contributed by atoms with van der Waals surface area (Å²) in [6.45, 7) is -2.93. The average Bonchev–Trinajstić information content (AvgIpc) is 3.57. The maximum Gasteiger partial charge on any atom is 0.114 e. The molecule has 9 rings (SSSR count). The topological polar surface area (TPSA) is 30.7 Å². The summed E-state index contributed by atoms with van der Waals surface area (Å²) >= 11 is 0. The monoisotopic (exact) mass is 606 g/mol. The van der Waals surface area contributed by atoms with Gasteiger partial charge < -0.3 is 0 Å². The SMILES string of the molecule is [2H]C([2H])([2H])C([2H])([2H])c1nc2ccccc2n1-c1ccc(-c2c3ccccc3c(-c3ccc(-c4cccnc4)cc3)c3ccccc23)c2ccccc12. The van der Waals surface area contributed by atoms with Crippen molar-refractivity contribution in [3.05, 3.63) is 164 Å². The van der Waals surface area contributed by atoms with Crippen molar-refractivity contribution in [2.24, 2.45) is 0 Å². The first-order chi connectivity index (χ1) is 25.2. The van der Waals surface area contributed by atoms with Gasteiger partial charge in [-0.1, -0.05) is 128 Å². The van der Waals surface area contributed by atoms with Crippen LogP contribution in [0.3, 0.4) is 0 Å². The van der Waals surface area contributed by atoms with Crippen LogP contribution in [-0.4, -0.2) is 14.5 Å². The zero-order chi connectivity index (χ0) is 35.6. The van der Waals surface area contributed by atoms with Crippen molar-refractivity contribution in [3.8, 4) is 39.1 Å². The fourth-order valence-electron chi connectivity index (χ4n) is 7.14. The molecule has 0 saturated carbocycles. The third-order valence-electron chi connectivity index (χ3n) is 9.18. The lowest BCUT2D eigenvalue weighted by molar-refractivity contribution is 0.913. The quantitative estimate of drug-likeness (QED) is 0.183. The summed E-state index contributed by atoms with van der Waals surface area (Å²) in [6, 6.07) is 49.2. The highest BCUT2D eigenvalue weighted by atomic mass is 15.1. The van der Waals surface area contributed by atoms with Gasteiger partial charge in [0.2, 0.25) is 0 Å². The van der Waals surface area contributed by atoms with Crippen LogP contribution in [0.25, 0.3) is 82.4 Å². The lowest BCUT2D eigenvalue weighted by atomic mass is 9.84. The molecule has 47 heavy (non-hydrogen) atoms. The first-order valence-corrected chi connectivity index (χ1v) is 15.7. The Morgan fingerprint density at radius 2 is 1.17 bits per heavy atom. The highest BCUT2D eigenvalue weighted by Gasteiger charge is 2.20. The molecule has 3 heteroatoms. The lowest BCUT2D eigenvalue weighted by Crippen LogP contribution is -2.01. The fourth-order valence-corrected chi connectivity index (χ4v) is 7.14. The molecule has 0 radical (unpaired) electrons. The normalized spacial score (nSPS) is 13.7. The largest absolute Gasteiger partial charge is 0.296 e. The van der Waals surface area contributed by atoms with E-state index in [0.29, 0.717) is 16.7 Å². The van der Waals surface area contributed by atoms with Gasteiger partial charge in [-0.2, -0.15) is 0 Å². The standard InChI is InChI=1S/C44H31N3/c1-2-42-46-39-19-9-10-20-41(39)47(42)40-26-25-38(32-13-3-4-14-33(32)40)44-36-17-7-5-15-34(36)43(35-16-6-8-18-37(35)44)30-23-21-29(22-24-30)31-12-11-27-45-28-31/h3-28H,2H2,1H3/i1D3,2D2. The molecule has 2 aromatic heterocycles. The van der Waals surface area contributed by atoms with Gasteiger partial charge in [-0.3, -0.25) is 9.55 Å². The molecule has 2 heterocycles. The highest BCUT2D eigenvalue weighted by Crippen LogP contribution is 2.46. The number of hydrogen-bond acceptors (Lipinski definition) is 2. The van der Waals surface area contributed by atoms with Crippen molar-refractivity contribution in [2.75, 3.05) is 0 Å². The molecule has 222 valence electrons. The minimum absolute atomic E-state index is 0.151. The van der Waals surface area contributed by atoms with E-state index in [2.05, 4.69) is 101 Å². The van der Waals surface area contributed by atoms with Crippen LogP contribution in [0.2, 0.25) is 0 Å². The molecule has 0 saturated heterocycles. The van der Waals surface area contributed by atoms with Crippen molar-refractivity contribution < 1.29 is 6.85 Å². The van der Waals surface area contributed by atoms with Crippen LogP contribution in [0.5, 0.6) is 0 Å². The summed E-state index contributed by atoms with van der Waals surface area (Å²) in [5, 5.41) is 6.30. The minimum atomic E-state index is -2.93. The Bertz CT molecular complexity index is 2750. The molecular formula is C44H31N3. The number of rotatable bonds is 5. The molecule has 0 unspecified atom stereocenters. The lowest BCUT2D eigenvalue weighted by Gasteiger charge is -2.20. The van der Waals surface area contributed by atoms with Gasteiger partial charge in [0, 0.05) is 31.0 Å². The molecule has 0 amide bonds. The van der Waals surface area contributed by atoms with Gasteiger partial charge in [0.15, 0.2) is 0 Å². The van der Waals surface area contributed by atoms with Gasteiger partial charge in [0.25, 0.3) is 0 Å². The van der Waals surface area contributed by atoms with Crippen LogP contribution < -0.4 is 0 Å². The maximum absolute atomic E-state index is 8.77. The zero-order valence-electron chi connectivity index (χ0n) is 30.4. The van der Waals surface area contributed by atoms with Crippen LogP contribution >= 0.6 is 0 Å². The third kappa shape index (κ3) is 4.35. The van der Waals surface area contributed by atoms with E-state index in [1.807, 2.05) is 54.7 Å². The number of aryl methyl sites for hydroxylation is 1. The van der Waals surface area contributed by atoms with E-state index in [1.165, 1.54) is 0 Å². The summed E-state index contributed by atoms with van der Waals surface area (Å²) in [7, 11) is 0. The number of benzene rings is 7. The van der Waals surface area contributed by atoms with Crippen molar-refractivity contribution in [3.63, 3.8) is 0 Å². The number of para-hydroxylation sites is 2. The van der Waals surface area contributed by atoms with Crippen molar-refractivity contribution in [1.29, 1.82) is 0 Å². The zero-order valence-corrected chi connectivity index (χ0v) is 25.4. The van der Waals surface area contributed by atoms with Crippen molar-refractivity contribution in [2.45, 2.75) is 13.2 Å². The van der Waals surface area contributed by atoms with Crippen molar-refractivity contribution >= 4 is 43.4 Å². The van der Waals surface area contributed by atoms with E-state index in [9.17, 15) is 0 Å². The summed E-state index contributed by atoms with van der Waals surface area (Å²) in [6.07, 6.45) is 0.958. The van der Waals surface area contributed by atoms with Crippen LogP contribution in [-0.2, 0) is 6.37 Å². The molecule has 0 aliphatic rings. The van der Waals surface area contributed by atoms with Gasteiger partial charge >= 0.3 is 0 Å². The van der Waals surface area contributed by atoms with Crippen LogP contribution in [0.1, 0.15) is 19.5 Å². The Morgan fingerprint density at radius 3 is 1.85 bits per heavy atom. The smallest absolute Gasteiger partial charge is 0.114 e. The summed E-state index contributed by atoms with van der Waals surface area (Å²) in [5.74, 6) is -0.151. The summed E-state index contributed by atoms with van der Waals surface area (Å²) in [4.78, 5) is 8.88. The van der Waals surface area contributed by atoms with Gasteiger partial charge in [0.05, 0.1) is 16.7 Å². The van der Waals surface area contributed by atoms with Crippen molar-refractivity contribution in [1.82, 2.24) is 14.5 Å². The van der Waals surface area contributed by atoms with E-state index in [4.69, 9.17) is 6.85 Å². The Morgan fingerprint density at radius 1 is 0.553 bits per heavy atom. The molecule has 0 atom stereocenters. The minimum Gasteiger partial charge on any atom is -0.296 e. The first kappa shape index (κ1) is 22.4. The predicted molar refractivity (Wildman–Crippen MR) is 197 cm³/mol. The molecule has 0 fully saturated rings. The Kier molecular flexibility index (Phi) is 5.29. The van der Waals surface area contributed by atoms with Gasteiger partial charge in [-0.25, -0.2) is 4.98 Å². The second-order valence-electron chi connectivity index (χ2n) is 11.7. The fraction of sp³-hybridized carbons (Fsp3) is 0.0455. The third-order valence-corrected chi connectivity index (χ3v) is 9.18. The molecule has 0 bridgehead atoms. The average molecular weight is 607 g/mol. The van der Waals surface area contributed by atoms with Gasteiger partial charge in [0.1, 0.15) is 5.82 Å². The second kappa shape index (κ2) is 11.1. The van der Waals surface area contributed by atoms with Crippen LogP contribution in [0, 0.1) is 0 Å². The Hall–Kier alpha value is -6.06. The number of fused-ring (bicyclic) bond motifs is 4. The number of imidazole rings is 1. The summed E-state index contributed by atoms with van der Waals surface area (Å²) in [5.41, 5.74) is 8.40. The highest BCUT2D eigenvalue weighted by molar-refractivity contribution is 6.23. The van der Waals surface area contributed by atoms with E-state index in [0.717, 1.165) is 65.7 Å². The molecule has 0 aliphatic carbocycles.